The molecule has 2 saturated carbocycles. The molecular weight excluding hydrogens is 426 g/mol. The van der Waals surface area contributed by atoms with Crippen molar-refractivity contribution >= 4 is 18.0 Å². The molecule has 2 bridgehead atoms. The maximum Gasteiger partial charge on any atom is 0.345 e. The molecule has 1 saturated heterocycles. The van der Waals surface area contributed by atoms with Crippen molar-refractivity contribution in [1.82, 2.24) is 5.06 Å². The summed E-state index contributed by atoms with van der Waals surface area (Å²) in [4.78, 5) is 18.8. The third-order valence-electron chi connectivity index (χ3n) is 8.19. The Morgan fingerprint density at radius 3 is 2.44 bits per heavy atom. The zero-order valence-corrected chi connectivity index (χ0v) is 20.8. The third kappa shape index (κ3) is 3.61. The van der Waals surface area contributed by atoms with Gasteiger partial charge in [-0.1, -0.05) is 58.0 Å². The van der Waals surface area contributed by atoms with E-state index in [9.17, 15) is 4.79 Å². The molecule has 6 nitrogen and oxygen atoms in total. The molecule has 32 heavy (non-hydrogen) atoms. The number of hydrogen-bond acceptors (Lipinski definition) is 7. The molecule has 2 aliphatic carbocycles. The number of hydroxylamine groups is 2. The summed E-state index contributed by atoms with van der Waals surface area (Å²) in [7, 11) is 0. The van der Waals surface area contributed by atoms with Gasteiger partial charge in [-0.3, -0.25) is 0 Å². The highest BCUT2D eigenvalue weighted by Crippen LogP contribution is 2.74. The van der Waals surface area contributed by atoms with Crippen molar-refractivity contribution in [2.45, 2.75) is 78.1 Å². The van der Waals surface area contributed by atoms with Gasteiger partial charge in [0.1, 0.15) is 0 Å². The van der Waals surface area contributed by atoms with Crippen LogP contribution < -0.4 is 0 Å². The molecule has 3 fully saturated rings. The Kier molecular flexibility index (Phi) is 6.69. The first-order valence-corrected chi connectivity index (χ1v) is 12.9. The number of carbonyl (C=O) groups excluding carboxylic acids is 1. The third-order valence-corrected chi connectivity index (χ3v) is 8.96. The number of benzene rings is 1. The fourth-order valence-corrected chi connectivity index (χ4v) is 7.26. The zero-order valence-electron chi connectivity index (χ0n) is 20.0. The van der Waals surface area contributed by atoms with Crippen LogP contribution >= 0.6 is 12.0 Å². The van der Waals surface area contributed by atoms with Gasteiger partial charge in [-0.25, -0.2) is 4.79 Å². The number of nitrogens with zero attached hydrogens (tertiary/aromatic N) is 1. The van der Waals surface area contributed by atoms with Crippen LogP contribution in [0.2, 0.25) is 0 Å². The second kappa shape index (κ2) is 8.91. The van der Waals surface area contributed by atoms with Gasteiger partial charge < -0.3 is 9.47 Å². The van der Waals surface area contributed by atoms with Crippen molar-refractivity contribution in [1.29, 1.82) is 0 Å². The molecule has 0 aromatic heterocycles. The van der Waals surface area contributed by atoms with Crippen molar-refractivity contribution < 1.29 is 23.6 Å². The van der Waals surface area contributed by atoms with E-state index in [0.29, 0.717) is 11.7 Å². The van der Waals surface area contributed by atoms with Gasteiger partial charge in [0.25, 0.3) is 0 Å². The minimum absolute atomic E-state index is 0.0435. The predicted molar refractivity (Wildman–Crippen MR) is 124 cm³/mol. The smallest absolute Gasteiger partial charge is 0.345 e. The summed E-state index contributed by atoms with van der Waals surface area (Å²) in [5.74, 6) is -0.165. The quantitative estimate of drug-likeness (QED) is 0.146. The van der Waals surface area contributed by atoms with E-state index in [2.05, 4.69) is 27.7 Å². The lowest BCUT2D eigenvalue weighted by Gasteiger charge is -2.46. The molecule has 0 radical (unpaired) electrons. The molecule has 0 N–H and O–H groups in total. The molecule has 4 atom stereocenters. The van der Waals surface area contributed by atoms with Gasteiger partial charge in [0.05, 0.1) is 5.41 Å². The van der Waals surface area contributed by atoms with Crippen LogP contribution in [0.1, 0.15) is 72.3 Å². The number of hydrogen-bond donors (Lipinski definition) is 0. The molecular formula is C25H37NO5S. The minimum atomic E-state index is -1.10. The molecule has 1 spiro atoms. The van der Waals surface area contributed by atoms with Crippen molar-refractivity contribution in [3.05, 3.63) is 35.9 Å². The second-order valence-corrected chi connectivity index (χ2v) is 10.9. The van der Waals surface area contributed by atoms with Crippen molar-refractivity contribution in [3.63, 3.8) is 0 Å². The van der Waals surface area contributed by atoms with E-state index in [0.717, 1.165) is 50.8 Å². The van der Waals surface area contributed by atoms with Crippen LogP contribution in [-0.4, -0.2) is 35.7 Å². The fourth-order valence-electron chi connectivity index (χ4n) is 6.15. The van der Waals surface area contributed by atoms with Crippen LogP contribution in [0.4, 0.5) is 0 Å². The number of carbonyl (C=O) groups is 1. The number of fused-ring (bicyclic) bond motifs is 3. The Morgan fingerprint density at radius 1 is 1.12 bits per heavy atom. The van der Waals surface area contributed by atoms with Gasteiger partial charge in [0, 0.05) is 37.3 Å². The molecule has 0 amide bonds. The van der Waals surface area contributed by atoms with E-state index >= 15 is 0 Å². The number of esters is 1. The first kappa shape index (κ1) is 24.0. The Bertz CT molecular complexity index is 814. The maximum atomic E-state index is 13.2. The van der Waals surface area contributed by atoms with Crippen LogP contribution in [0, 0.1) is 16.7 Å². The topological polar surface area (TPSA) is 57.2 Å². The standard InChI is InChI=1S/C25H37NO5S/c1-6-15-26(16-7-2)30-31-32-18-24-14-13-20(22(24,3)4)17-25(24)28-21(27)23(5,29-25)19-11-9-8-10-12-19/h8-12,20H,6-7,13-18H2,1-5H3/t20?,23-,24?,25?/m0/s1. The van der Waals surface area contributed by atoms with Gasteiger partial charge >= 0.3 is 5.97 Å². The summed E-state index contributed by atoms with van der Waals surface area (Å²) in [5, 5.41) is 1.86. The highest BCUT2D eigenvalue weighted by atomic mass is 32.2. The molecule has 1 aromatic rings. The second-order valence-electron chi connectivity index (χ2n) is 10.2. The van der Waals surface area contributed by atoms with E-state index in [4.69, 9.17) is 18.8 Å². The Balaban J connectivity index is 1.54. The highest BCUT2D eigenvalue weighted by Gasteiger charge is 2.78. The lowest BCUT2D eigenvalue weighted by atomic mass is 9.68. The minimum Gasteiger partial charge on any atom is -0.430 e. The van der Waals surface area contributed by atoms with E-state index in [1.165, 1.54) is 12.0 Å². The largest absolute Gasteiger partial charge is 0.430 e. The van der Waals surface area contributed by atoms with Gasteiger partial charge in [-0.05, 0) is 49.5 Å². The summed E-state index contributed by atoms with van der Waals surface area (Å²) >= 11 is 1.31. The first-order chi connectivity index (χ1) is 15.2. The summed E-state index contributed by atoms with van der Waals surface area (Å²) in [6.07, 6.45) is 4.77. The summed E-state index contributed by atoms with van der Waals surface area (Å²) in [6, 6.07) is 9.68. The van der Waals surface area contributed by atoms with Gasteiger partial charge in [0.2, 0.25) is 5.79 Å². The predicted octanol–water partition coefficient (Wildman–Crippen LogP) is 5.63. The van der Waals surface area contributed by atoms with Gasteiger partial charge in [-0.2, -0.15) is 5.06 Å². The number of ether oxygens (including phenoxy) is 2. The molecule has 1 aliphatic heterocycles. The van der Waals surface area contributed by atoms with E-state index < -0.39 is 11.4 Å². The van der Waals surface area contributed by atoms with Gasteiger partial charge in [-0.15, -0.1) is 9.32 Å². The SMILES string of the molecule is CCCN(CCC)OOSCC12CCC(CC13OC(=O)[C@](C)(c1ccccc1)O3)C2(C)C. The lowest BCUT2D eigenvalue weighted by Crippen LogP contribution is -2.52. The van der Waals surface area contributed by atoms with Crippen molar-refractivity contribution in [3.8, 4) is 0 Å². The Labute approximate surface area is 196 Å². The molecule has 1 aromatic carbocycles. The lowest BCUT2D eigenvalue weighted by molar-refractivity contribution is -0.360. The zero-order chi connectivity index (χ0) is 23.0. The van der Waals surface area contributed by atoms with Crippen LogP contribution in [0.25, 0.3) is 0 Å². The van der Waals surface area contributed by atoms with Crippen LogP contribution in [0.15, 0.2) is 30.3 Å². The Hall–Kier alpha value is -1.12. The summed E-state index contributed by atoms with van der Waals surface area (Å²) in [5.41, 5.74) is -0.658. The molecule has 178 valence electrons. The molecule has 1 heterocycles. The van der Waals surface area contributed by atoms with Gasteiger partial charge in [0.15, 0.2) is 5.60 Å². The van der Waals surface area contributed by atoms with E-state index in [-0.39, 0.29) is 16.8 Å². The van der Waals surface area contributed by atoms with Crippen LogP contribution in [0.3, 0.4) is 0 Å². The van der Waals surface area contributed by atoms with Crippen molar-refractivity contribution in [2.75, 3.05) is 18.8 Å². The summed E-state index contributed by atoms with van der Waals surface area (Å²) in [6.45, 7) is 12.3. The average Bonchev–Trinajstić information content (AvgIpc) is 3.24. The van der Waals surface area contributed by atoms with Crippen LogP contribution in [0.5, 0.6) is 0 Å². The normalized spacial score (nSPS) is 35.2. The fraction of sp³-hybridized carbons (Fsp3) is 0.720. The average molecular weight is 464 g/mol. The van der Waals surface area contributed by atoms with E-state index in [1.54, 1.807) is 0 Å². The van der Waals surface area contributed by atoms with Crippen molar-refractivity contribution in [2.24, 2.45) is 16.7 Å². The van der Waals surface area contributed by atoms with Crippen LogP contribution in [-0.2, 0) is 29.2 Å². The summed E-state index contributed by atoms with van der Waals surface area (Å²) < 4.78 is 18.6. The molecule has 3 unspecified atom stereocenters. The highest BCUT2D eigenvalue weighted by molar-refractivity contribution is 7.94. The molecule has 4 rings (SSSR count). The Morgan fingerprint density at radius 2 is 1.81 bits per heavy atom. The molecule has 7 heteroatoms. The monoisotopic (exact) mass is 463 g/mol. The molecule has 3 aliphatic rings. The number of rotatable bonds is 10. The maximum absolute atomic E-state index is 13.2. The van der Waals surface area contributed by atoms with E-state index in [1.807, 2.05) is 42.3 Å². The first-order valence-electron chi connectivity index (χ1n) is 11.9.